The van der Waals surface area contributed by atoms with Gasteiger partial charge in [0.2, 0.25) is 0 Å². The van der Waals surface area contributed by atoms with Gasteiger partial charge in [0.15, 0.2) is 0 Å². The molecule has 4 nitrogen and oxygen atoms in total. The molecule has 0 fully saturated rings. The standard InChI is InChI=1S/C13H24N4/c1-6-8(3)10(5)15-13-9(4)12(14)16-11(7-2)17-13/h8,10H,6-7H2,1-5H3,(H3,14,15,16,17). The van der Waals surface area contributed by atoms with E-state index in [0.717, 1.165) is 30.0 Å². The second kappa shape index (κ2) is 5.84. The average Bonchev–Trinajstić information content (AvgIpc) is 2.33. The van der Waals surface area contributed by atoms with Gasteiger partial charge in [-0.3, -0.25) is 0 Å². The number of aromatic nitrogens is 2. The Bertz CT molecular complexity index is 376. The van der Waals surface area contributed by atoms with Crippen LogP contribution in [0.15, 0.2) is 0 Å². The highest BCUT2D eigenvalue weighted by Crippen LogP contribution is 2.20. The van der Waals surface area contributed by atoms with Gasteiger partial charge in [-0.2, -0.15) is 0 Å². The number of hydrogen-bond acceptors (Lipinski definition) is 4. The van der Waals surface area contributed by atoms with E-state index in [4.69, 9.17) is 5.73 Å². The average molecular weight is 236 g/mol. The van der Waals surface area contributed by atoms with Crippen LogP contribution < -0.4 is 11.1 Å². The van der Waals surface area contributed by atoms with Crippen LogP contribution in [0, 0.1) is 12.8 Å². The molecule has 1 aromatic heterocycles. The summed E-state index contributed by atoms with van der Waals surface area (Å²) >= 11 is 0. The first-order valence-electron chi connectivity index (χ1n) is 6.39. The Balaban J connectivity index is 2.93. The number of hydrogen-bond donors (Lipinski definition) is 2. The lowest BCUT2D eigenvalue weighted by atomic mass is 10.0. The minimum Gasteiger partial charge on any atom is -0.383 e. The van der Waals surface area contributed by atoms with E-state index in [9.17, 15) is 0 Å². The van der Waals surface area contributed by atoms with Crippen LogP contribution in [0.2, 0.25) is 0 Å². The number of aryl methyl sites for hydroxylation is 1. The van der Waals surface area contributed by atoms with Crippen LogP contribution in [0.3, 0.4) is 0 Å². The van der Waals surface area contributed by atoms with Gasteiger partial charge in [0, 0.05) is 18.0 Å². The van der Waals surface area contributed by atoms with Crippen LogP contribution >= 0.6 is 0 Å². The van der Waals surface area contributed by atoms with E-state index in [1.165, 1.54) is 0 Å². The van der Waals surface area contributed by atoms with Crippen LogP contribution in [0.4, 0.5) is 11.6 Å². The summed E-state index contributed by atoms with van der Waals surface area (Å²) in [5.41, 5.74) is 6.83. The van der Waals surface area contributed by atoms with Crippen molar-refractivity contribution in [1.82, 2.24) is 9.97 Å². The van der Waals surface area contributed by atoms with Crippen molar-refractivity contribution in [2.45, 2.75) is 53.5 Å². The Labute approximate surface area is 104 Å². The summed E-state index contributed by atoms with van der Waals surface area (Å²) in [6, 6.07) is 0.387. The first-order chi connectivity index (χ1) is 7.99. The fourth-order valence-corrected chi connectivity index (χ4v) is 1.59. The molecule has 0 saturated heterocycles. The van der Waals surface area contributed by atoms with E-state index in [0.29, 0.717) is 17.8 Å². The molecule has 96 valence electrons. The summed E-state index contributed by atoms with van der Waals surface area (Å²) in [5.74, 6) is 2.86. The maximum atomic E-state index is 5.89. The molecule has 3 N–H and O–H groups in total. The fourth-order valence-electron chi connectivity index (χ4n) is 1.59. The molecule has 1 aromatic rings. The predicted molar refractivity (Wildman–Crippen MR) is 73.1 cm³/mol. The molecule has 0 spiro atoms. The second-order valence-electron chi connectivity index (χ2n) is 4.67. The zero-order valence-electron chi connectivity index (χ0n) is 11.5. The molecule has 2 unspecified atom stereocenters. The van der Waals surface area contributed by atoms with Gasteiger partial charge in [-0.1, -0.05) is 27.2 Å². The third kappa shape index (κ3) is 3.32. The van der Waals surface area contributed by atoms with Crippen molar-refractivity contribution >= 4 is 11.6 Å². The maximum Gasteiger partial charge on any atom is 0.134 e. The van der Waals surface area contributed by atoms with Gasteiger partial charge in [0.1, 0.15) is 17.5 Å². The topological polar surface area (TPSA) is 63.8 Å². The lowest BCUT2D eigenvalue weighted by molar-refractivity contribution is 0.493. The molecule has 0 aliphatic heterocycles. The molecule has 0 saturated carbocycles. The molecule has 0 radical (unpaired) electrons. The molecule has 0 aliphatic rings. The first kappa shape index (κ1) is 13.7. The van der Waals surface area contributed by atoms with Gasteiger partial charge < -0.3 is 11.1 Å². The molecule has 17 heavy (non-hydrogen) atoms. The van der Waals surface area contributed by atoms with Gasteiger partial charge in [-0.15, -0.1) is 0 Å². The van der Waals surface area contributed by atoms with Crippen molar-refractivity contribution in [3.8, 4) is 0 Å². The molecule has 2 atom stereocenters. The van der Waals surface area contributed by atoms with Crippen molar-refractivity contribution in [2.24, 2.45) is 5.92 Å². The second-order valence-corrected chi connectivity index (χ2v) is 4.67. The van der Waals surface area contributed by atoms with Crippen LogP contribution in [0.25, 0.3) is 0 Å². The molecular formula is C13H24N4. The molecular weight excluding hydrogens is 212 g/mol. The Morgan fingerprint density at radius 1 is 1.24 bits per heavy atom. The Morgan fingerprint density at radius 3 is 2.41 bits per heavy atom. The normalized spacial score (nSPS) is 14.4. The summed E-state index contributed by atoms with van der Waals surface area (Å²) in [5, 5.41) is 3.45. The van der Waals surface area contributed by atoms with E-state index >= 15 is 0 Å². The van der Waals surface area contributed by atoms with Crippen molar-refractivity contribution < 1.29 is 0 Å². The van der Waals surface area contributed by atoms with E-state index in [-0.39, 0.29) is 0 Å². The highest BCUT2D eigenvalue weighted by molar-refractivity contribution is 5.55. The van der Waals surface area contributed by atoms with E-state index in [2.05, 4.69) is 36.1 Å². The number of nitrogens with two attached hydrogens (primary N) is 1. The molecule has 0 aliphatic carbocycles. The third-order valence-corrected chi connectivity index (χ3v) is 3.41. The highest BCUT2D eigenvalue weighted by Gasteiger charge is 2.14. The molecule has 0 amide bonds. The summed E-state index contributed by atoms with van der Waals surface area (Å²) in [7, 11) is 0. The number of nitrogens with one attached hydrogen (secondary N) is 1. The van der Waals surface area contributed by atoms with E-state index in [1.807, 2.05) is 13.8 Å². The number of anilines is 2. The van der Waals surface area contributed by atoms with Crippen molar-refractivity contribution in [1.29, 1.82) is 0 Å². The smallest absolute Gasteiger partial charge is 0.134 e. The lowest BCUT2D eigenvalue weighted by Crippen LogP contribution is -2.25. The van der Waals surface area contributed by atoms with Crippen LogP contribution in [0.1, 0.15) is 45.5 Å². The van der Waals surface area contributed by atoms with Crippen molar-refractivity contribution in [2.75, 3.05) is 11.1 Å². The number of rotatable bonds is 5. The predicted octanol–water partition coefficient (Wildman–Crippen LogP) is 2.78. The van der Waals surface area contributed by atoms with Crippen molar-refractivity contribution in [3.05, 3.63) is 11.4 Å². The van der Waals surface area contributed by atoms with Gasteiger partial charge in [0.05, 0.1) is 0 Å². The summed E-state index contributed by atoms with van der Waals surface area (Å²) in [6.45, 7) is 10.6. The Kier molecular flexibility index (Phi) is 4.73. The van der Waals surface area contributed by atoms with Crippen LogP contribution in [-0.4, -0.2) is 16.0 Å². The zero-order chi connectivity index (χ0) is 13.0. The number of nitrogens with zero attached hydrogens (tertiary/aromatic N) is 2. The SMILES string of the molecule is CCc1nc(N)c(C)c(NC(C)C(C)CC)n1. The molecule has 1 heterocycles. The van der Waals surface area contributed by atoms with Gasteiger partial charge in [0.25, 0.3) is 0 Å². The lowest BCUT2D eigenvalue weighted by Gasteiger charge is -2.22. The van der Waals surface area contributed by atoms with Crippen LogP contribution in [0.5, 0.6) is 0 Å². The first-order valence-corrected chi connectivity index (χ1v) is 6.39. The Morgan fingerprint density at radius 2 is 1.88 bits per heavy atom. The monoisotopic (exact) mass is 236 g/mol. The van der Waals surface area contributed by atoms with Crippen molar-refractivity contribution in [3.63, 3.8) is 0 Å². The molecule has 0 aromatic carbocycles. The number of nitrogen functional groups attached to an aromatic ring is 1. The van der Waals surface area contributed by atoms with Crippen LogP contribution in [-0.2, 0) is 6.42 Å². The van der Waals surface area contributed by atoms with E-state index < -0.39 is 0 Å². The maximum absolute atomic E-state index is 5.89. The third-order valence-electron chi connectivity index (χ3n) is 3.41. The fraction of sp³-hybridized carbons (Fsp3) is 0.692. The van der Waals surface area contributed by atoms with E-state index in [1.54, 1.807) is 0 Å². The summed E-state index contributed by atoms with van der Waals surface area (Å²) in [6.07, 6.45) is 1.95. The Hall–Kier alpha value is -1.32. The van der Waals surface area contributed by atoms with Gasteiger partial charge >= 0.3 is 0 Å². The highest BCUT2D eigenvalue weighted by atomic mass is 15.1. The zero-order valence-corrected chi connectivity index (χ0v) is 11.5. The largest absolute Gasteiger partial charge is 0.383 e. The minimum atomic E-state index is 0.387. The van der Waals surface area contributed by atoms with Gasteiger partial charge in [-0.05, 0) is 19.8 Å². The molecule has 0 bridgehead atoms. The minimum absolute atomic E-state index is 0.387. The quantitative estimate of drug-likeness (QED) is 0.825. The summed E-state index contributed by atoms with van der Waals surface area (Å²) in [4.78, 5) is 8.76. The van der Waals surface area contributed by atoms with Gasteiger partial charge in [-0.25, -0.2) is 9.97 Å². The molecule has 4 heteroatoms. The summed E-state index contributed by atoms with van der Waals surface area (Å²) < 4.78 is 0. The molecule has 1 rings (SSSR count).